The molecular weight excluding hydrogens is 98.1 g/mol. The zero-order valence-corrected chi connectivity index (χ0v) is 5.72. The Morgan fingerprint density at radius 3 is 2.25 bits per heavy atom. The van der Waals surface area contributed by atoms with Gasteiger partial charge in [-0.3, -0.25) is 0 Å². The first kappa shape index (κ1) is 5.80. The molecule has 0 aromatic heterocycles. The summed E-state index contributed by atoms with van der Waals surface area (Å²) in [5, 5.41) is 0. The quantitative estimate of drug-likeness (QED) is 0.413. The van der Waals surface area contributed by atoms with Gasteiger partial charge in [-0.2, -0.15) is 0 Å². The van der Waals surface area contributed by atoms with Gasteiger partial charge in [0.05, 0.1) is 0 Å². The molecule has 0 bridgehead atoms. The van der Waals surface area contributed by atoms with Crippen LogP contribution >= 0.6 is 0 Å². The minimum Gasteiger partial charge on any atom is -0.240 e. The van der Waals surface area contributed by atoms with Crippen LogP contribution in [-0.4, -0.2) is 23.9 Å². The second-order valence-electron chi connectivity index (χ2n) is 2.96. The largest absolute Gasteiger partial charge is 0.240 e. The molecule has 2 unspecified atom stereocenters. The number of hydrogen-bond acceptors (Lipinski definition) is 0. The lowest BCUT2D eigenvalue weighted by Crippen LogP contribution is -2.12. The summed E-state index contributed by atoms with van der Waals surface area (Å²) in [6.45, 7) is 9.60. The first-order valence-corrected chi connectivity index (χ1v) is 3.27. The molecule has 0 aromatic carbocycles. The van der Waals surface area contributed by atoms with Gasteiger partial charge in [-0.25, -0.2) is 4.58 Å². The summed E-state index contributed by atoms with van der Waals surface area (Å²) in [7, 11) is 0. The van der Waals surface area contributed by atoms with Gasteiger partial charge in [-0.05, 0) is 6.92 Å². The van der Waals surface area contributed by atoms with Crippen molar-refractivity contribution in [2.24, 2.45) is 5.92 Å². The lowest BCUT2D eigenvalue weighted by molar-refractivity contribution is -0.533. The molecule has 0 N–H and O–H groups in total. The molecule has 1 aliphatic rings. The number of nitrogens with zero attached hydrogens (tertiary/aromatic N) is 1. The van der Waals surface area contributed by atoms with Crippen molar-refractivity contribution in [1.82, 2.24) is 0 Å². The van der Waals surface area contributed by atoms with E-state index in [9.17, 15) is 0 Å². The second kappa shape index (κ2) is 1.88. The average molecular weight is 112 g/mol. The third-order valence-electron chi connectivity index (χ3n) is 1.91. The summed E-state index contributed by atoms with van der Waals surface area (Å²) in [6, 6.07) is 0.713. The van der Waals surface area contributed by atoms with E-state index >= 15 is 0 Å². The van der Waals surface area contributed by atoms with Crippen molar-refractivity contribution in [2.45, 2.75) is 26.3 Å². The summed E-state index contributed by atoms with van der Waals surface area (Å²) in [4.78, 5) is 0. The maximum atomic E-state index is 3.90. The summed E-state index contributed by atoms with van der Waals surface area (Å²) >= 11 is 0. The fourth-order valence-corrected chi connectivity index (χ4v) is 1.39. The molecule has 2 atom stereocenters. The molecule has 0 saturated carbocycles. The van der Waals surface area contributed by atoms with Crippen molar-refractivity contribution in [3.8, 4) is 0 Å². The molecule has 0 spiro atoms. The SMILES string of the molecule is C=[N+]1CC(C)CC1C. The van der Waals surface area contributed by atoms with Crippen molar-refractivity contribution in [1.29, 1.82) is 0 Å². The van der Waals surface area contributed by atoms with Crippen molar-refractivity contribution >= 4 is 6.72 Å². The van der Waals surface area contributed by atoms with Crippen molar-refractivity contribution < 1.29 is 4.58 Å². The molecular formula is C7H14N+. The molecule has 0 aromatic rings. The summed E-state index contributed by atoms with van der Waals surface area (Å²) in [5.74, 6) is 0.863. The van der Waals surface area contributed by atoms with Crippen molar-refractivity contribution in [3.05, 3.63) is 0 Å². The minimum atomic E-state index is 0.713. The third kappa shape index (κ3) is 0.908. The smallest absolute Gasteiger partial charge is 0.149 e. The van der Waals surface area contributed by atoms with Crippen LogP contribution in [0.15, 0.2) is 0 Å². The predicted octanol–water partition coefficient (Wildman–Crippen LogP) is 1.13. The van der Waals surface area contributed by atoms with E-state index in [1.165, 1.54) is 13.0 Å². The van der Waals surface area contributed by atoms with Gasteiger partial charge in [0, 0.05) is 12.3 Å². The molecule has 1 rings (SSSR count). The molecule has 1 heteroatoms. The summed E-state index contributed by atoms with van der Waals surface area (Å²) in [6.07, 6.45) is 1.32. The number of hydrogen-bond donors (Lipinski definition) is 0. The Morgan fingerprint density at radius 1 is 1.50 bits per heavy atom. The van der Waals surface area contributed by atoms with Gasteiger partial charge in [0.2, 0.25) is 0 Å². The van der Waals surface area contributed by atoms with Crippen LogP contribution in [0.3, 0.4) is 0 Å². The minimum absolute atomic E-state index is 0.713. The Morgan fingerprint density at radius 2 is 2.12 bits per heavy atom. The Labute approximate surface area is 51.0 Å². The highest BCUT2D eigenvalue weighted by atomic mass is 15.0. The van der Waals surface area contributed by atoms with Crippen LogP contribution in [0.25, 0.3) is 0 Å². The molecule has 1 nitrogen and oxygen atoms in total. The van der Waals surface area contributed by atoms with Crippen LogP contribution < -0.4 is 0 Å². The lowest BCUT2D eigenvalue weighted by atomic mass is 10.1. The van der Waals surface area contributed by atoms with Gasteiger partial charge in [-0.15, -0.1) is 0 Å². The molecule has 1 aliphatic heterocycles. The Balaban J connectivity index is 2.51. The molecule has 0 radical (unpaired) electrons. The van der Waals surface area contributed by atoms with E-state index in [0.29, 0.717) is 6.04 Å². The maximum Gasteiger partial charge on any atom is 0.149 e. The first-order valence-electron chi connectivity index (χ1n) is 3.27. The second-order valence-corrected chi connectivity index (χ2v) is 2.96. The van der Waals surface area contributed by atoms with E-state index in [1.807, 2.05) is 0 Å². The fourth-order valence-electron chi connectivity index (χ4n) is 1.39. The Kier molecular flexibility index (Phi) is 1.37. The molecule has 46 valence electrons. The van der Waals surface area contributed by atoms with E-state index in [2.05, 4.69) is 25.1 Å². The monoisotopic (exact) mass is 112 g/mol. The van der Waals surface area contributed by atoms with E-state index in [4.69, 9.17) is 0 Å². The lowest BCUT2D eigenvalue weighted by Gasteiger charge is -1.93. The van der Waals surface area contributed by atoms with Crippen LogP contribution in [0, 0.1) is 5.92 Å². The van der Waals surface area contributed by atoms with Crippen LogP contribution in [0.2, 0.25) is 0 Å². The van der Waals surface area contributed by atoms with Gasteiger partial charge >= 0.3 is 0 Å². The molecule has 1 fully saturated rings. The highest BCUT2D eigenvalue weighted by Gasteiger charge is 2.26. The van der Waals surface area contributed by atoms with Crippen molar-refractivity contribution in [2.75, 3.05) is 6.54 Å². The fraction of sp³-hybridized carbons (Fsp3) is 0.857. The zero-order valence-electron chi connectivity index (χ0n) is 5.72. The summed E-state index contributed by atoms with van der Waals surface area (Å²) in [5.41, 5.74) is 0. The molecule has 0 aliphatic carbocycles. The first-order chi connectivity index (χ1) is 3.70. The maximum absolute atomic E-state index is 3.90. The van der Waals surface area contributed by atoms with Gasteiger partial charge in [-0.1, -0.05) is 6.92 Å². The molecule has 1 heterocycles. The van der Waals surface area contributed by atoms with E-state index < -0.39 is 0 Å². The molecule has 1 saturated heterocycles. The van der Waals surface area contributed by atoms with Crippen molar-refractivity contribution in [3.63, 3.8) is 0 Å². The molecule has 8 heavy (non-hydrogen) atoms. The summed E-state index contributed by atoms with van der Waals surface area (Å²) < 4.78 is 2.17. The van der Waals surface area contributed by atoms with Crippen LogP contribution in [0.5, 0.6) is 0 Å². The topological polar surface area (TPSA) is 3.01 Å². The third-order valence-corrected chi connectivity index (χ3v) is 1.91. The standard InChI is InChI=1S/C7H14N/c1-6-4-7(2)8(3)5-6/h6-7H,3-5H2,1-2H3/q+1. The Hall–Kier alpha value is -0.330. The molecule has 0 amide bonds. The van der Waals surface area contributed by atoms with E-state index in [0.717, 1.165) is 5.92 Å². The number of rotatable bonds is 0. The van der Waals surface area contributed by atoms with Gasteiger partial charge in [0.1, 0.15) is 19.3 Å². The van der Waals surface area contributed by atoms with E-state index in [-0.39, 0.29) is 0 Å². The van der Waals surface area contributed by atoms with Gasteiger partial charge in [0.15, 0.2) is 0 Å². The van der Waals surface area contributed by atoms with E-state index in [1.54, 1.807) is 0 Å². The average Bonchev–Trinajstić information content (AvgIpc) is 1.85. The highest BCUT2D eigenvalue weighted by molar-refractivity contribution is 5.15. The van der Waals surface area contributed by atoms with Gasteiger partial charge < -0.3 is 0 Å². The van der Waals surface area contributed by atoms with Crippen LogP contribution in [-0.2, 0) is 0 Å². The van der Waals surface area contributed by atoms with Crippen LogP contribution in [0.4, 0.5) is 0 Å². The highest BCUT2D eigenvalue weighted by Crippen LogP contribution is 2.16. The van der Waals surface area contributed by atoms with Crippen LogP contribution in [0.1, 0.15) is 20.3 Å². The van der Waals surface area contributed by atoms with Gasteiger partial charge in [0.25, 0.3) is 0 Å². The Bertz CT molecular complexity index is 107. The zero-order chi connectivity index (χ0) is 6.15. The normalized spacial score (nSPS) is 38.5. The predicted molar refractivity (Wildman–Crippen MR) is 35.5 cm³/mol.